The van der Waals surface area contributed by atoms with Gasteiger partial charge in [0.2, 0.25) is 10.0 Å². The highest BCUT2D eigenvalue weighted by molar-refractivity contribution is 8.00. The van der Waals surface area contributed by atoms with E-state index in [0.29, 0.717) is 12.3 Å². The van der Waals surface area contributed by atoms with Crippen LogP contribution >= 0.6 is 11.8 Å². The maximum absolute atomic E-state index is 13.2. The monoisotopic (exact) mass is 450 g/mol. The number of aliphatic hydroxyl groups is 1. The van der Waals surface area contributed by atoms with Crippen molar-refractivity contribution < 1.29 is 23.4 Å². The molecule has 2 aromatic carbocycles. The molecular formula is C21H26N2O5S2. The van der Waals surface area contributed by atoms with Crippen LogP contribution in [0.3, 0.4) is 0 Å². The molecule has 0 aliphatic carbocycles. The molecule has 1 saturated heterocycles. The number of carboxylic acids is 1. The lowest BCUT2D eigenvalue weighted by Crippen LogP contribution is -2.58. The number of aliphatic hydroxyl groups excluding tert-OH is 1. The van der Waals surface area contributed by atoms with Gasteiger partial charge in [-0.05, 0) is 49.2 Å². The van der Waals surface area contributed by atoms with Crippen molar-refractivity contribution in [1.82, 2.24) is 4.31 Å². The van der Waals surface area contributed by atoms with Crippen molar-refractivity contribution in [3.8, 4) is 11.1 Å². The molecule has 3 rings (SSSR count). The Labute approximate surface area is 181 Å². The standard InChI is InChI=1S/C21H26N2O5S2/c1-21(2)19(20(25)26)23(12-14-29-21)30(27,28)18-9-5-16(6-10-18)15-3-7-17(8-4-15)22-11-13-24/h3-10,19,22,24H,11-14H2,1-2H3,(H,25,26)/t19-/m0/s1. The van der Waals surface area contributed by atoms with Gasteiger partial charge in [-0.15, -0.1) is 0 Å². The molecule has 0 amide bonds. The number of anilines is 1. The number of rotatable bonds is 7. The van der Waals surface area contributed by atoms with Gasteiger partial charge in [0.25, 0.3) is 0 Å². The fourth-order valence-electron chi connectivity index (χ4n) is 3.57. The lowest BCUT2D eigenvalue weighted by Gasteiger charge is -2.42. The van der Waals surface area contributed by atoms with Gasteiger partial charge in [-0.3, -0.25) is 4.79 Å². The Kier molecular flexibility index (Phi) is 6.76. The molecule has 0 radical (unpaired) electrons. The smallest absolute Gasteiger partial charge is 0.323 e. The number of hydrogen-bond acceptors (Lipinski definition) is 6. The van der Waals surface area contributed by atoms with Gasteiger partial charge in [0.1, 0.15) is 6.04 Å². The second kappa shape index (κ2) is 8.97. The van der Waals surface area contributed by atoms with E-state index in [-0.39, 0.29) is 18.0 Å². The first-order valence-electron chi connectivity index (χ1n) is 9.60. The molecule has 1 fully saturated rings. The van der Waals surface area contributed by atoms with Crippen molar-refractivity contribution in [2.24, 2.45) is 0 Å². The Hall–Kier alpha value is -2.07. The SMILES string of the molecule is CC1(C)SCCN(S(=O)(=O)c2ccc(-c3ccc(NCCO)cc3)cc2)[C@H]1C(=O)O. The lowest BCUT2D eigenvalue weighted by atomic mass is 10.0. The molecule has 0 unspecified atom stereocenters. The first-order chi connectivity index (χ1) is 14.2. The molecule has 2 aromatic rings. The summed E-state index contributed by atoms with van der Waals surface area (Å²) in [5.41, 5.74) is 2.66. The molecule has 0 aromatic heterocycles. The van der Waals surface area contributed by atoms with Crippen molar-refractivity contribution in [2.75, 3.05) is 30.8 Å². The molecule has 30 heavy (non-hydrogen) atoms. The van der Waals surface area contributed by atoms with Crippen LogP contribution in [0.25, 0.3) is 11.1 Å². The van der Waals surface area contributed by atoms with Crippen LogP contribution in [0.2, 0.25) is 0 Å². The largest absolute Gasteiger partial charge is 0.480 e. The van der Waals surface area contributed by atoms with E-state index in [9.17, 15) is 18.3 Å². The number of carbonyl (C=O) groups is 1. The van der Waals surface area contributed by atoms with E-state index in [1.54, 1.807) is 26.0 Å². The summed E-state index contributed by atoms with van der Waals surface area (Å²) in [4.78, 5) is 11.9. The van der Waals surface area contributed by atoms with Gasteiger partial charge in [0, 0.05) is 29.3 Å². The van der Waals surface area contributed by atoms with Crippen molar-refractivity contribution in [3.63, 3.8) is 0 Å². The van der Waals surface area contributed by atoms with Crippen molar-refractivity contribution >= 4 is 33.4 Å². The van der Waals surface area contributed by atoms with E-state index in [4.69, 9.17) is 5.11 Å². The minimum absolute atomic E-state index is 0.0489. The van der Waals surface area contributed by atoms with Crippen LogP contribution in [-0.2, 0) is 14.8 Å². The van der Waals surface area contributed by atoms with Crippen LogP contribution in [0.4, 0.5) is 5.69 Å². The average Bonchev–Trinajstić information content (AvgIpc) is 2.71. The van der Waals surface area contributed by atoms with Crippen molar-refractivity contribution in [1.29, 1.82) is 0 Å². The third-order valence-electron chi connectivity index (χ3n) is 5.09. The molecule has 7 nitrogen and oxygen atoms in total. The number of thioether (sulfide) groups is 1. The molecular weight excluding hydrogens is 424 g/mol. The summed E-state index contributed by atoms with van der Waals surface area (Å²) < 4.78 is 26.8. The highest BCUT2D eigenvalue weighted by Gasteiger charge is 2.48. The summed E-state index contributed by atoms with van der Waals surface area (Å²) in [6.45, 7) is 4.21. The Morgan fingerprint density at radius 1 is 1.13 bits per heavy atom. The third kappa shape index (κ3) is 4.64. The minimum atomic E-state index is -3.94. The minimum Gasteiger partial charge on any atom is -0.480 e. The molecule has 0 spiro atoms. The van der Waals surface area contributed by atoms with Gasteiger partial charge in [-0.25, -0.2) is 8.42 Å². The topological polar surface area (TPSA) is 107 Å². The summed E-state index contributed by atoms with van der Waals surface area (Å²) in [6.07, 6.45) is 0. The summed E-state index contributed by atoms with van der Waals surface area (Å²) in [5.74, 6) is -0.590. The number of nitrogens with zero attached hydrogens (tertiary/aromatic N) is 1. The van der Waals surface area contributed by atoms with Crippen LogP contribution in [-0.4, -0.2) is 65.1 Å². The Bertz CT molecular complexity index is 989. The van der Waals surface area contributed by atoms with Gasteiger partial charge in [0.05, 0.1) is 11.5 Å². The van der Waals surface area contributed by atoms with E-state index >= 15 is 0 Å². The highest BCUT2D eigenvalue weighted by atomic mass is 32.2. The van der Waals surface area contributed by atoms with E-state index < -0.39 is 26.8 Å². The molecule has 1 aliphatic heterocycles. The zero-order valence-corrected chi connectivity index (χ0v) is 18.5. The van der Waals surface area contributed by atoms with Crippen molar-refractivity contribution in [3.05, 3.63) is 48.5 Å². The van der Waals surface area contributed by atoms with Crippen LogP contribution in [0, 0.1) is 0 Å². The maximum atomic E-state index is 13.2. The van der Waals surface area contributed by atoms with Gasteiger partial charge >= 0.3 is 5.97 Å². The van der Waals surface area contributed by atoms with Gasteiger partial charge < -0.3 is 15.5 Å². The van der Waals surface area contributed by atoms with Crippen LogP contribution in [0.15, 0.2) is 53.4 Å². The number of sulfonamides is 1. The van der Waals surface area contributed by atoms with Gasteiger partial charge in [-0.2, -0.15) is 16.1 Å². The van der Waals surface area contributed by atoms with Crippen LogP contribution < -0.4 is 5.32 Å². The quantitative estimate of drug-likeness (QED) is 0.595. The molecule has 162 valence electrons. The molecule has 0 saturated carbocycles. The van der Waals surface area contributed by atoms with Crippen LogP contribution in [0.1, 0.15) is 13.8 Å². The maximum Gasteiger partial charge on any atom is 0.323 e. The van der Waals surface area contributed by atoms with E-state index in [2.05, 4.69) is 5.32 Å². The first kappa shape index (κ1) is 22.6. The van der Waals surface area contributed by atoms with Crippen molar-refractivity contribution in [2.45, 2.75) is 29.5 Å². The Morgan fingerprint density at radius 3 is 2.23 bits per heavy atom. The lowest BCUT2D eigenvalue weighted by molar-refractivity contribution is -0.142. The zero-order valence-electron chi connectivity index (χ0n) is 16.9. The summed E-state index contributed by atoms with van der Waals surface area (Å²) in [6, 6.07) is 13.0. The summed E-state index contributed by atoms with van der Waals surface area (Å²) in [7, 11) is -3.94. The predicted octanol–water partition coefficient (Wildman–Crippen LogP) is 2.73. The van der Waals surface area contributed by atoms with E-state index in [1.165, 1.54) is 23.9 Å². The highest BCUT2D eigenvalue weighted by Crippen LogP contribution is 2.38. The number of benzene rings is 2. The zero-order chi connectivity index (χ0) is 21.9. The molecule has 3 N–H and O–H groups in total. The summed E-state index contributed by atoms with van der Waals surface area (Å²) >= 11 is 1.47. The van der Waals surface area contributed by atoms with Crippen LogP contribution in [0.5, 0.6) is 0 Å². The molecule has 0 bridgehead atoms. The van der Waals surface area contributed by atoms with E-state index in [0.717, 1.165) is 21.1 Å². The Balaban J connectivity index is 1.85. The number of nitrogens with one attached hydrogen (secondary N) is 1. The number of carboxylic acid groups (broad SMARTS) is 1. The Morgan fingerprint density at radius 2 is 1.70 bits per heavy atom. The van der Waals surface area contributed by atoms with E-state index in [1.807, 2.05) is 24.3 Å². The first-order valence-corrected chi connectivity index (χ1v) is 12.0. The fourth-order valence-corrected chi connectivity index (χ4v) is 6.66. The second-order valence-electron chi connectivity index (χ2n) is 7.56. The molecule has 9 heteroatoms. The number of hydrogen-bond donors (Lipinski definition) is 3. The summed E-state index contributed by atoms with van der Waals surface area (Å²) in [5, 5.41) is 21.6. The molecule has 1 atom stereocenters. The average molecular weight is 451 g/mol. The number of aliphatic carboxylic acids is 1. The molecule has 1 heterocycles. The second-order valence-corrected chi connectivity index (χ2v) is 11.2. The van der Waals surface area contributed by atoms with Gasteiger partial charge in [-0.1, -0.05) is 24.3 Å². The molecule has 1 aliphatic rings. The predicted molar refractivity (Wildman–Crippen MR) is 119 cm³/mol. The fraction of sp³-hybridized carbons (Fsp3) is 0.381. The van der Waals surface area contributed by atoms with Gasteiger partial charge in [0.15, 0.2) is 0 Å². The normalized spacial score (nSPS) is 19.4. The third-order valence-corrected chi connectivity index (χ3v) is 8.32.